The highest BCUT2D eigenvalue weighted by Gasteiger charge is 2.40. The molecule has 2 fully saturated rings. The van der Waals surface area contributed by atoms with Gasteiger partial charge in [0.25, 0.3) is 0 Å². The maximum Gasteiger partial charge on any atom is 0.0485 e. The Labute approximate surface area is 128 Å². The molecule has 1 aromatic rings. The van der Waals surface area contributed by atoms with Gasteiger partial charge in [0.1, 0.15) is 0 Å². The summed E-state index contributed by atoms with van der Waals surface area (Å²) in [5.74, 6) is 0.768. The number of nitrogens with one attached hydrogen (secondary N) is 1. The molecule has 1 saturated heterocycles. The molecule has 2 heterocycles. The number of aryl methyl sites for hydroxylation is 1. The smallest absolute Gasteiger partial charge is 0.0485 e. The van der Waals surface area contributed by atoms with Crippen LogP contribution in [-0.2, 0) is 0 Å². The lowest BCUT2D eigenvalue weighted by Gasteiger charge is -2.41. The third-order valence-electron chi connectivity index (χ3n) is 4.45. The summed E-state index contributed by atoms with van der Waals surface area (Å²) in [5, 5.41) is 3.40. The second-order valence-corrected chi connectivity index (χ2v) is 8.07. The van der Waals surface area contributed by atoms with Crippen LogP contribution < -0.4 is 5.32 Å². The summed E-state index contributed by atoms with van der Waals surface area (Å²) in [7, 11) is 2.09. The van der Waals surface area contributed by atoms with Crippen molar-refractivity contribution in [1.29, 1.82) is 0 Å². The first kappa shape index (κ1) is 14.1. The van der Waals surface area contributed by atoms with Crippen LogP contribution >= 0.6 is 27.3 Å². The molecule has 1 aliphatic heterocycles. The summed E-state index contributed by atoms with van der Waals surface area (Å²) >= 11 is 5.67. The number of hydrogen-bond acceptors (Lipinski definition) is 3. The summed E-state index contributed by atoms with van der Waals surface area (Å²) in [6.07, 6.45) is 5.55. The summed E-state index contributed by atoms with van der Waals surface area (Å²) in [6, 6.07) is 3.88. The van der Waals surface area contributed by atoms with Crippen molar-refractivity contribution in [2.24, 2.45) is 5.92 Å². The molecule has 106 valence electrons. The van der Waals surface area contributed by atoms with Crippen LogP contribution in [-0.4, -0.2) is 31.1 Å². The highest BCUT2D eigenvalue weighted by atomic mass is 79.9. The average molecular weight is 343 g/mol. The lowest BCUT2D eigenvalue weighted by Crippen LogP contribution is -2.42. The van der Waals surface area contributed by atoms with Crippen molar-refractivity contribution >= 4 is 27.3 Å². The lowest BCUT2D eigenvalue weighted by molar-refractivity contribution is 0.0869. The normalized spacial score (nSPS) is 28.8. The van der Waals surface area contributed by atoms with Gasteiger partial charge >= 0.3 is 0 Å². The minimum absolute atomic E-state index is 0.642. The van der Waals surface area contributed by atoms with Crippen LogP contribution in [0.15, 0.2) is 10.5 Å². The van der Waals surface area contributed by atoms with E-state index in [4.69, 9.17) is 0 Å². The van der Waals surface area contributed by atoms with Crippen molar-refractivity contribution in [2.45, 2.75) is 44.7 Å². The van der Waals surface area contributed by atoms with Crippen LogP contribution in [0.2, 0.25) is 0 Å². The molecule has 0 spiro atoms. The molecular formula is C15H23BrN2S. The third kappa shape index (κ3) is 2.92. The number of rotatable bonds is 4. The minimum Gasteiger partial charge on any atom is -0.319 e. The number of thiophene rings is 1. The number of hydrogen-bond donors (Lipinski definition) is 1. The van der Waals surface area contributed by atoms with E-state index in [0.717, 1.165) is 18.5 Å². The minimum atomic E-state index is 0.642. The molecule has 1 N–H and O–H groups in total. The zero-order valence-corrected chi connectivity index (χ0v) is 14.2. The van der Waals surface area contributed by atoms with E-state index in [-0.39, 0.29) is 0 Å². The molecule has 3 rings (SSSR count). The van der Waals surface area contributed by atoms with Crippen LogP contribution in [0.5, 0.6) is 0 Å². The fourth-order valence-corrected chi connectivity index (χ4v) is 5.19. The second-order valence-electron chi connectivity index (χ2n) is 5.93. The lowest BCUT2D eigenvalue weighted by atomic mass is 9.87. The highest BCUT2D eigenvalue weighted by Crippen LogP contribution is 2.45. The Morgan fingerprint density at radius 2 is 2.21 bits per heavy atom. The molecule has 2 unspecified atom stereocenters. The zero-order valence-electron chi connectivity index (χ0n) is 11.8. The predicted molar refractivity (Wildman–Crippen MR) is 85.9 cm³/mol. The van der Waals surface area contributed by atoms with Gasteiger partial charge in [-0.3, -0.25) is 4.90 Å². The largest absolute Gasteiger partial charge is 0.319 e. The molecule has 2 aliphatic rings. The SMILES string of the molecule is CNCC1CCCN(C2CC2)C1c1cc(Br)c(C)s1. The molecule has 1 aromatic heterocycles. The Kier molecular flexibility index (Phi) is 4.32. The van der Waals surface area contributed by atoms with Gasteiger partial charge in [-0.15, -0.1) is 11.3 Å². The summed E-state index contributed by atoms with van der Waals surface area (Å²) < 4.78 is 1.29. The third-order valence-corrected chi connectivity index (χ3v) is 6.65. The van der Waals surface area contributed by atoms with E-state index in [1.54, 1.807) is 4.88 Å². The molecule has 0 aromatic carbocycles. The molecule has 2 nitrogen and oxygen atoms in total. The van der Waals surface area contributed by atoms with Gasteiger partial charge in [-0.1, -0.05) is 0 Å². The van der Waals surface area contributed by atoms with E-state index in [1.165, 1.54) is 41.6 Å². The van der Waals surface area contributed by atoms with Crippen LogP contribution in [0.3, 0.4) is 0 Å². The van der Waals surface area contributed by atoms with Gasteiger partial charge in [-0.2, -0.15) is 0 Å². The van der Waals surface area contributed by atoms with Gasteiger partial charge in [0.15, 0.2) is 0 Å². The molecule has 0 bridgehead atoms. The Hall–Kier alpha value is 0.1000. The Morgan fingerprint density at radius 1 is 1.42 bits per heavy atom. The molecule has 2 atom stereocenters. The van der Waals surface area contributed by atoms with Crippen LogP contribution in [0.1, 0.15) is 41.5 Å². The Morgan fingerprint density at radius 3 is 2.79 bits per heavy atom. The Balaban J connectivity index is 1.89. The molecule has 4 heteroatoms. The molecule has 19 heavy (non-hydrogen) atoms. The zero-order chi connectivity index (χ0) is 13.4. The number of piperidine rings is 1. The van der Waals surface area contributed by atoms with Gasteiger partial charge in [0, 0.05) is 26.3 Å². The van der Waals surface area contributed by atoms with E-state index < -0.39 is 0 Å². The quantitative estimate of drug-likeness (QED) is 0.890. The first-order valence-electron chi connectivity index (χ1n) is 7.37. The maximum absolute atomic E-state index is 3.69. The molecule has 1 aliphatic carbocycles. The second kappa shape index (κ2) is 5.84. The number of halogens is 1. The van der Waals surface area contributed by atoms with Crippen LogP contribution in [0, 0.1) is 12.8 Å². The highest BCUT2D eigenvalue weighted by molar-refractivity contribution is 9.10. The van der Waals surface area contributed by atoms with Crippen molar-refractivity contribution in [2.75, 3.05) is 20.1 Å². The number of nitrogens with zero attached hydrogens (tertiary/aromatic N) is 1. The van der Waals surface area contributed by atoms with Crippen LogP contribution in [0.4, 0.5) is 0 Å². The summed E-state index contributed by atoms with van der Waals surface area (Å²) in [5.41, 5.74) is 0. The van der Waals surface area contributed by atoms with Gasteiger partial charge in [0.05, 0.1) is 0 Å². The fourth-order valence-electron chi connectivity index (χ4n) is 3.42. The molecule has 1 saturated carbocycles. The molecular weight excluding hydrogens is 320 g/mol. The average Bonchev–Trinajstić information content (AvgIpc) is 3.17. The first-order valence-corrected chi connectivity index (χ1v) is 8.98. The van der Waals surface area contributed by atoms with Gasteiger partial charge in [-0.05, 0) is 80.7 Å². The van der Waals surface area contributed by atoms with Crippen LogP contribution in [0.25, 0.3) is 0 Å². The summed E-state index contributed by atoms with van der Waals surface area (Å²) in [4.78, 5) is 5.78. The van der Waals surface area contributed by atoms with Gasteiger partial charge < -0.3 is 5.32 Å². The van der Waals surface area contributed by atoms with E-state index in [1.807, 2.05) is 11.3 Å². The fraction of sp³-hybridized carbons (Fsp3) is 0.733. The first-order chi connectivity index (χ1) is 9.20. The van der Waals surface area contributed by atoms with Gasteiger partial charge in [-0.25, -0.2) is 0 Å². The standard InChI is InChI=1S/C15H23BrN2S/c1-10-13(16)8-14(19-10)15-11(9-17-2)4-3-7-18(15)12-5-6-12/h8,11-12,15,17H,3-7,9H2,1-2H3. The van der Waals surface area contributed by atoms with Gasteiger partial charge in [0.2, 0.25) is 0 Å². The predicted octanol–water partition coefficient (Wildman–Crippen LogP) is 3.95. The number of likely N-dealkylation sites (tertiary alicyclic amines) is 1. The van der Waals surface area contributed by atoms with Crippen molar-refractivity contribution in [3.8, 4) is 0 Å². The van der Waals surface area contributed by atoms with Crippen molar-refractivity contribution in [3.63, 3.8) is 0 Å². The van der Waals surface area contributed by atoms with Crippen molar-refractivity contribution < 1.29 is 0 Å². The monoisotopic (exact) mass is 342 g/mol. The van der Waals surface area contributed by atoms with Crippen molar-refractivity contribution in [3.05, 3.63) is 20.3 Å². The van der Waals surface area contributed by atoms with Crippen molar-refractivity contribution in [1.82, 2.24) is 10.2 Å². The Bertz CT molecular complexity index is 420. The molecule has 0 radical (unpaired) electrons. The topological polar surface area (TPSA) is 15.3 Å². The van der Waals surface area contributed by atoms with E-state index >= 15 is 0 Å². The van der Waals surface area contributed by atoms with E-state index in [0.29, 0.717) is 6.04 Å². The van der Waals surface area contributed by atoms with E-state index in [9.17, 15) is 0 Å². The maximum atomic E-state index is 3.69. The summed E-state index contributed by atoms with van der Waals surface area (Å²) in [6.45, 7) is 4.65. The molecule has 0 amide bonds. The van der Waals surface area contributed by atoms with E-state index in [2.05, 4.69) is 46.2 Å².